The molecule has 2 amide bonds. The van der Waals surface area contributed by atoms with Crippen LogP contribution in [0.25, 0.3) is 22.0 Å². The molecule has 2 aliphatic rings. The number of hydrogen-bond donors (Lipinski definition) is 1. The van der Waals surface area contributed by atoms with Crippen molar-refractivity contribution in [1.82, 2.24) is 29.6 Å². The van der Waals surface area contributed by atoms with Crippen LogP contribution in [0.3, 0.4) is 0 Å². The van der Waals surface area contributed by atoms with E-state index in [2.05, 4.69) is 48.2 Å². The fourth-order valence-corrected chi connectivity index (χ4v) is 6.21. The maximum atomic E-state index is 13.8. The van der Waals surface area contributed by atoms with Gasteiger partial charge in [0.05, 0.1) is 5.52 Å². The summed E-state index contributed by atoms with van der Waals surface area (Å²) in [7, 11) is 0. The zero-order valence-electron chi connectivity index (χ0n) is 22.6. The molecule has 3 atom stereocenters. The fourth-order valence-electron chi connectivity index (χ4n) is 5.87. The number of carbonyl (C=O) groups excluding carboxylic acids is 3. The summed E-state index contributed by atoms with van der Waals surface area (Å²) in [5.74, 6) is 0.437. The molecule has 204 valence electrons. The topological polar surface area (TPSA) is 123 Å². The third kappa shape index (κ3) is 4.57. The number of anilines is 1. The molecule has 1 N–H and O–H groups in total. The Morgan fingerprint density at radius 3 is 2.55 bits per heavy atom. The number of halogens is 1. The molecule has 0 unspecified atom stereocenters. The first-order chi connectivity index (χ1) is 19.0. The van der Waals surface area contributed by atoms with Crippen molar-refractivity contribution in [2.24, 2.45) is 5.41 Å². The SMILES string of the molecule is CC(=O)c1nn(CC(=O)N2[C@H](C(=O)Nc3cccc(Br)n3)C[C@@]3(C)C[C@@H]23)c2c(C)cc(-c3cnc(C)nc3)cc12. The molecule has 0 bridgehead atoms. The Morgan fingerprint density at radius 1 is 1.10 bits per heavy atom. The lowest BCUT2D eigenvalue weighted by molar-refractivity contribution is -0.138. The lowest BCUT2D eigenvalue weighted by Crippen LogP contribution is -2.46. The molecule has 1 aliphatic carbocycles. The minimum absolute atomic E-state index is 0.00504. The Labute approximate surface area is 239 Å². The van der Waals surface area contributed by atoms with Gasteiger partial charge in [0.1, 0.15) is 34.5 Å². The number of Topliss-reactive ketones (excluding diaryl/α,β-unsaturated/α-hetero) is 1. The summed E-state index contributed by atoms with van der Waals surface area (Å²) in [6, 6.07) is 8.55. The molecule has 40 heavy (non-hydrogen) atoms. The number of aromatic nitrogens is 5. The Kier molecular flexibility index (Phi) is 6.29. The van der Waals surface area contributed by atoms with E-state index in [1.807, 2.05) is 26.0 Å². The predicted molar refractivity (Wildman–Crippen MR) is 153 cm³/mol. The van der Waals surface area contributed by atoms with Gasteiger partial charge in [-0.1, -0.05) is 13.0 Å². The van der Waals surface area contributed by atoms with Crippen molar-refractivity contribution in [3.63, 3.8) is 0 Å². The number of nitrogens with zero attached hydrogens (tertiary/aromatic N) is 6. The second kappa shape index (κ2) is 9.58. The lowest BCUT2D eigenvalue weighted by atomic mass is 10.0. The minimum Gasteiger partial charge on any atom is -0.325 e. The molecule has 6 rings (SSSR count). The highest BCUT2D eigenvalue weighted by Crippen LogP contribution is 2.59. The van der Waals surface area contributed by atoms with Gasteiger partial charge in [-0.3, -0.25) is 19.1 Å². The molecule has 0 spiro atoms. The van der Waals surface area contributed by atoms with E-state index >= 15 is 0 Å². The summed E-state index contributed by atoms with van der Waals surface area (Å²) in [6.45, 7) is 7.26. The third-order valence-corrected chi connectivity index (χ3v) is 8.40. The highest BCUT2D eigenvalue weighted by Gasteiger charge is 2.64. The number of carbonyl (C=O) groups is 3. The van der Waals surface area contributed by atoms with Crippen LogP contribution in [-0.4, -0.2) is 59.3 Å². The van der Waals surface area contributed by atoms with E-state index < -0.39 is 6.04 Å². The van der Waals surface area contributed by atoms with Gasteiger partial charge in [-0.05, 0) is 83.4 Å². The fraction of sp³-hybridized carbons (Fsp3) is 0.345. The van der Waals surface area contributed by atoms with Crippen molar-refractivity contribution >= 4 is 50.2 Å². The first kappa shape index (κ1) is 26.2. The Bertz CT molecular complexity index is 1700. The molecular weight excluding hydrogens is 574 g/mol. The molecule has 1 saturated heterocycles. The summed E-state index contributed by atoms with van der Waals surface area (Å²) >= 11 is 3.32. The molecular formula is C29H28BrN7O3. The average molecular weight is 602 g/mol. The van der Waals surface area contributed by atoms with Crippen molar-refractivity contribution < 1.29 is 14.4 Å². The van der Waals surface area contributed by atoms with Gasteiger partial charge >= 0.3 is 0 Å². The van der Waals surface area contributed by atoms with Gasteiger partial charge in [0.25, 0.3) is 0 Å². The second-order valence-electron chi connectivity index (χ2n) is 11.0. The number of aryl methyl sites for hydroxylation is 2. The molecule has 10 nitrogen and oxygen atoms in total. The summed E-state index contributed by atoms with van der Waals surface area (Å²) < 4.78 is 2.21. The first-order valence-corrected chi connectivity index (χ1v) is 13.9. The van der Waals surface area contributed by atoms with Crippen molar-refractivity contribution in [2.75, 3.05) is 5.32 Å². The number of likely N-dealkylation sites (tertiary alicyclic amines) is 1. The monoisotopic (exact) mass is 601 g/mol. The van der Waals surface area contributed by atoms with Crippen LogP contribution in [0.1, 0.15) is 48.6 Å². The molecule has 1 aromatic carbocycles. The van der Waals surface area contributed by atoms with Crippen LogP contribution in [-0.2, 0) is 16.1 Å². The second-order valence-corrected chi connectivity index (χ2v) is 11.8. The number of piperidine rings is 1. The molecule has 2 fully saturated rings. The van der Waals surface area contributed by atoms with Crippen molar-refractivity contribution in [3.05, 3.63) is 64.4 Å². The van der Waals surface area contributed by atoms with E-state index in [9.17, 15) is 14.4 Å². The van der Waals surface area contributed by atoms with Crippen LogP contribution >= 0.6 is 15.9 Å². The standard InChI is InChI=1S/C29H28BrN7O3/c1-15-8-18(19-12-31-17(3)32-13-19)9-20-26(16(2)38)35-36(27(15)20)14-25(39)37-21(10-29(4)11-22(29)37)28(40)34-24-7-5-6-23(30)33-24/h5-9,12-13,21-22H,10-11,14H2,1-4H3,(H,33,34,40)/t21-,22+,29-/m0/s1. The van der Waals surface area contributed by atoms with Crippen LogP contribution in [0, 0.1) is 19.3 Å². The first-order valence-electron chi connectivity index (χ1n) is 13.1. The molecule has 11 heteroatoms. The number of amides is 2. The van der Waals surface area contributed by atoms with Crippen LogP contribution in [0.15, 0.2) is 47.3 Å². The average Bonchev–Trinajstić information content (AvgIpc) is 3.25. The van der Waals surface area contributed by atoms with Gasteiger partial charge in [-0.15, -0.1) is 0 Å². The maximum Gasteiger partial charge on any atom is 0.248 e. The van der Waals surface area contributed by atoms with Crippen LogP contribution in [0.4, 0.5) is 5.82 Å². The summed E-state index contributed by atoms with van der Waals surface area (Å²) in [4.78, 5) is 54.3. The lowest BCUT2D eigenvalue weighted by Gasteiger charge is -2.27. The van der Waals surface area contributed by atoms with Crippen LogP contribution in [0.2, 0.25) is 0 Å². The van der Waals surface area contributed by atoms with Gasteiger partial charge in [-0.2, -0.15) is 5.10 Å². The van der Waals surface area contributed by atoms with E-state index in [0.717, 1.165) is 23.1 Å². The number of pyridine rings is 1. The van der Waals surface area contributed by atoms with Crippen molar-refractivity contribution in [3.8, 4) is 11.1 Å². The highest BCUT2D eigenvalue weighted by molar-refractivity contribution is 9.10. The number of benzene rings is 1. The van der Waals surface area contributed by atoms with Gasteiger partial charge in [0.15, 0.2) is 5.78 Å². The quantitative estimate of drug-likeness (QED) is 0.255. The Balaban J connectivity index is 1.32. The van der Waals surface area contributed by atoms with Gasteiger partial charge in [-0.25, -0.2) is 15.0 Å². The smallest absolute Gasteiger partial charge is 0.248 e. The van der Waals surface area contributed by atoms with Crippen molar-refractivity contribution in [2.45, 2.75) is 59.2 Å². The molecule has 3 aromatic heterocycles. The molecule has 1 aliphatic heterocycles. The van der Waals surface area contributed by atoms with E-state index in [0.29, 0.717) is 39.3 Å². The normalized spacial score (nSPS) is 21.4. The Morgan fingerprint density at radius 2 is 1.85 bits per heavy atom. The third-order valence-electron chi connectivity index (χ3n) is 7.96. The molecule has 4 heterocycles. The zero-order chi connectivity index (χ0) is 28.3. The van der Waals surface area contributed by atoms with Gasteiger partial charge in [0, 0.05) is 36.3 Å². The predicted octanol–water partition coefficient (Wildman–Crippen LogP) is 4.49. The summed E-state index contributed by atoms with van der Waals surface area (Å²) in [5.41, 5.74) is 3.49. The van der Waals surface area contributed by atoms with Crippen LogP contribution < -0.4 is 5.32 Å². The number of hydrogen-bond acceptors (Lipinski definition) is 7. The highest BCUT2D eigenvalue weighted by atomic mass is 79.9. The van der Waals surface area contributed by atoms with E-state index in [1.54, 1.807) is 40.2 Å². The molecule has 4 aromatic rings. The van der Waals surface area contributed by atoms with Gasteiger partial charge in [0.2, 0.25) is 11.8 Å². The van der Waals surface area contributed by atoms with E-state index in [4.69, 9.17) is 0 Å². The number of ketones is 1. The van der Waals surface area contributed by atoms with E-state index in [-0.39, 0.29) is 35.6 Å². The summed E-state index contributed by atoms with van der Waals surface area (Å²) in [6.07, 6.45) is 4.94. The zero-order valence-corrected chi connectivity index (χ0v) is 24.2. The largest absolute Gasteiger partial charge is 0.325 e. The van der Waals surface area contributed by atoms with Gasteiger partial charge < -0.3 is 10.2 Å². The number of nitrogens with one attached hydrogen (secondary N) is 1. The Hall–Kier alpha value is -3.99. The van der Waals surface area contributed by atoms with Crippen molar-refractivity contribution in [1.29, 1.82) is 0 Å². The van der Waals surface area contributed by atoms with Crippen LogP contribution in [0.5, 0.6) is 0 Å². The maximum absolute atomic E-state index is 13.8. The minimum atomic E-state index is -0.611. The number of rotatable bonds is 6. The van der Waals surface area contributed by atoms with E-state index in [1.165, 1.54) is 6.92 Å². The molecule has 0 radical (unpaired) electrons. The summed E-state index contributed by atoms with van der Waals surface area (Å²) in [5, 5.41) is 8.12. The number of fused-ring (bicyclic) bond motifs is 2. The molecule has 1 saturated carbocycles.